The molecule has 5 heteroatoms. The summed E-state index contributed by atoms with van der Waals surface area (Å²) in [5, 5.41) is 8.22. The van der Waals surface area contributed by atoms with E-state index in [4.69, 9.17) is 4.63 Å². The molecule has 0 aliphatic rings. The summed E-state index contributed by atoms with van der Waals surface area (Å²) in [6.45, 7) is 0. The van der Waals surface area contributed by atoms with Gasteiger partial charge in [0.15, 0.2) is 0 Å². The van der Waals surface area contributed by atoms with Crippen LogP contribution in [-0.4, -0.2) is 39.3 Å². The predicted molar refractivity (Wildman–Crippen MR) is 76.6 cm³/mol. The van der Waals surface area contributed by atoms with Crippen LogP contribution in [-0.2, 0) is 0 Å². The second kappa shape index (κ2) is 4.62. The Kier molecular flexibility index (Phi) is 2.78. The monoisotopic (exact) mass is 380 g/mol. The van der Waals surface area contributed by atoms with Crippen molar-refractivity contribution in [1.29, 1.82) is 0 Å². The third-order valence-electron chi connectivity index (χ3n) is 2.99. The maximum absolute atomic E-state index is 4.98. The molecule has 0 saturated carbocycles. The summed E-state index contributed by atoms with van der Waals surface area (Å²) in [5.74, 6) is 0. The molecule has 3 heterocycles. The van der Waals surface area contributed by atoms with Crippen LogP contribution in [0.1, 0.15) is 0 Å². The van der Waals surface area contributed by atoms with Gasteiger partial charge in [-0.25, -0.2) is 0 Å². The molecular weight excluding hydrogens is 370 g/mol. The van der Waals surface area contributed by atoms with Crippen molar-refractivity contribution in [3.63, 3.8) is 0 Å². The van der Waals surface area contributed by atoms with Crippen molar-refractivity contribution in [2.24, 2.45) is 0 Å². The molecule has 4 rings (SSSR count). The zero-order valence-corrected chi connectivity index (χ0v) is 13.2. The van der Waals surface area contributed by atoms with Crippen LogP contribution in [0.25, 0.3) is 31.0 Å². The van der Waals surface area contributed by atoms with Gasteiger partial charge in [0.1, 0.15) is 0 Å². The third kappa shape index (κ3) is 1.87. The molecule has 19 heavy (non-hydrogen) atoms. The fourth-order valence-corrected chi connectivity index (χ4v) is 5.29. The molecule has 0 spiro atoms. The molecule has 0 bridgehead atoms. The average molecular weight is 378 g/mol. The molecule has 3 aromatic heterocycles. The SMILES string of the molecule is c1c[se]c(-c2ccc(-c3ccc[se]3)c3nonc23)c1. The second-order valence-corrected chi connectivity index (χ2v) is 8.05. The summed E-state index contributed by atoms with van der Waals surface area (Å²) in [4.78, 5) is 4.42. The van der Waals surface area contributed by atoms with Gasteiger partial charge < -0.3 is 0 Å². The van der Waals surface area contributed by atoms with E-state index in [-0.39, 0.29) is 0 Å². The molecule has 0 amide bonds. The van der Waals surface area contributed by atoms with Crippen molar-refractivity contribution < 1.29 is 4.63 Å². The summed E-state index contributed by atoms with van der Waals surface area (Å²) >= 11 is 0.789. The van der Waals surface area contributed by atoms with Crippen molar-refractivity contribution in [2.45, 2.75) is 0 Å². The van der Waals surface area contributed by atoms with E-state index in [9.17, 15) is 0 Å². The molecular formula is C14H8N2OSe2. The first-order valence-corrected chi connectivity index (χ1v) is 9.45. The van der Waals surface area contributed by atoms with E-state index in [1.165, 1.54) is 8.87 Å². The summed E-state index contributed by atoms with van der Waals surface area (Å²) in [7, 11) is 0. The normalized spacial score (nSPS) is 11.2. The van der Waals surface area contributed by atoms with Gasteiger partial charge in [-0.05, 0) is 0 Å². The Morgan fingerprint density at radius 3 is 1.68 bits per heavy atom. The fourth-order valence-electron chi connectivity index (χ4n) is 2.13. The Morgan fingerprint density at radius 1 is 0.737 bits per heavy atom. The Labute approximate surface area is 121 Å². The first-order valence-electron chi connectivity index (χ1n) is 5.76. The van der Waals surface area contributed by atoms with Gasteiger partial charge >= 0.3 is 121 Å². The van der Waals surface area contributed by atoms with Crippen molar-refractivity contribution in [3.05, 3.63) is 46.3 Å². The Hall–Kier alpha value is -1.38. The predicted octanol–water partition coefficient (Wildman–Crippen LogP) is 2.67. The first-order chi connectivity index (χ1) is 9.43. The number of aromatic nitrogens is 2. The van der Waals surface area contributed by atoms with Crippen LogP contribution in [0.2, 0.25) is 0 Å². The molecule has 92 valence electrons. The first kappa shape index (κ1) is 11.4. The standard InChI is InChI=1S/C14H8N2OSe2/c1-3-11(18-7-1)9-5-6-10(12-4-2-8-19-12)14-13(9)15-17-16-14/h1-8H. The van der Waals surface area contributed by atoms with E-state index in [0.29, 0.717) is 29.0 Å². The molecule has 1 aromatic carbocycles. The molecule has 0 aliphatic carbocycles. The molecule has 0 aliphatic heterocycles. The molecule has 4 aromatic rings. The zero-order valence-electron chi connectivity index (χ0n) is 9.74. The number of nitrogens with zero attached hydrogens (tertiary/aromatic N) is 2. The summed E-state index contributed by atoms with van der Waals surface area (Å²) < 4.78 is 7.66. The van der Waals surface area contributed by atoms with E-state index in [0.717, 1.165) is 22.2 Å². The minimum absolute atomic E-state index is 0.394. The Balaban J connectivity index is 2.01. The summed E-state index contributed by atoms with van der Waals surface area (Å²) in [5.41, 5.74) is 4.09. The van der Waals surface area contributed by atoms with Crippen molar-refractivity contribution in [3.8, 4) is 20.0 Å². The van der Waals surface area contributed by atoms with Gasteiger partial charge in [0.25, 0.3) is 0 Å². The van der Waals surface area contributed by atoms with Crippen LogP contribution in [0.4, 0.5) is 0 Å². The zero-order chi connectivity index (χ0) is 12.7. The number of fused-ring (bicyclic) bond motifs is 1. The van der Waals surface area contributed by atoms with Crippen LogP contribution in [0, 0.1) is 0 Å². The van der Waals surface area contributed by atoms with E-state index in [1.807, 2.05) is 0 Å². The van der Waals surface area contributed by atoms with Crippen LogP contribution < -0.4 is 0 Å². The van der Waals surface area contributed by atoms with E-state index < -0.39 is 0 Å². The van der Waals surface area contributed by atoms with Gasteiger partial charge in [0.05, 0.1) is 0 Å². The van der Waals surface area contributed by atoms with Crippen molar-refractivity contribution in [2.75, 3.05) is 0 Å². The second-order valence-electron chi connectivity index (χ2n) is 4.08. The van der Waals surface area contributed by atoms with Crippen LogP contribution in [0.3, 0.4) is 0 Å². The number of rotatable bonds is 2. The summed E-state index contributed by atoms with van der Waals surface area (Å²) in [6.07, 6.45) is 0. The molecule has 3 nitrogen and oxygen atoms in total. The molecule has 0 saturated heterocycles. The number of hydrogen-bond acceptors (Lipinski definition) is 3. The topological polar surface area (TPSA) is 38.9 Å². The van der Waals surface area contributed by atoms with Gasteiger partial charge in [-0.15, -0.1) is 0 Å². The van der Waals surface area contributed by atoms with E-state index >= 15 is 0 Å². The van der Waals surface area contributed by atoms with Gasteiger partial charge in [-0.3, -0.25) is 0 Å². The van der Waals surface area contributed by atoms with Crippen LogP contribution >= 0.6 is 0 Å². The van der Waals surface area contributed by atoms with Gasteiger partial charge in [-0.2, -0.15) is 0 Å². The Bertz CT molecular complexity index is 748. The van der Waals surface area contributed by atoms with Gasteiger partial charge in [-0.1, -0.05) is 0 Å². The van der Waals surface area contributed by atoms with E-state index in [1.54, 1.807) is 0 Å². The number of benzene rings is 1. The minimum atomic E-state index is 0.394. The average Bonchev–Trinajstić information content (AvgIpc) is 3.19. The fraction of sp³-hybridized carbons (Fsp3) is 0. The third-order valence-corrected chi connectivity index (χ3v) is 6.78. The molecule has 0 atom stereocenters. The van der Waals surface area contributed by atoms with Crippen LogP contribution in [0.5, 0.6) is 0 Å². The Morgan fingerprint density at radius 2 is 1.26 bits per heavy atom. The molecule has 0 unspecified atom stereocenters. The molecule has 0 N–H and O–H groups in total. The molecule has 0 radical (unpaired) electrons. The number of hydrogen-bond donors (Lipinski definition) is 0. The summed E-state index contributed by atoms with van der Waals surface area (Å²) in [6, 6.07) is 12.8. The van der Waals surface area contributed by atoms with Gasteiger partial charge in [0, 0.05) is 0 Å². The molecule has 0 fully saturated rings. The van der Waals surface area contributed by atoms with E-state index in [2.05, 4.69) is 56.6 Å². The van der Waals surface area contributed by atoms with Gasteiger partial charge in [0.2, 0.25) is 0 Å². The van der Waals surface area contributed by atoms with Crippen molar-refractivity contribution in [1.82, 2.24) is 10.3 Å². The van der Waals surface area contributed by atoms with Crippen LogP contribution in [0.15, 0.2) is 50.9 Å². The van der Waals surface area contributed by atoms with Crippen molar-refractivity contribution >= 4 is 40.0 Å². The maximum atomic E-state index is 4.98. The quantitative estimate of drug-likeness (QED) is 0.504.